The number of aromatic amines is 1. The second-order valence-corrected chi connectivity index (χ2v) is 8.15. The molecule has 1 fully saturated rings. The molecule has 3 aromatic rings. The summed E-state index contributed by atoms with van der Waals surface area (Å²) in [5.74, 6) is -6.12. The van der Waals surface area contributed by atoms with E-state index in [0.717, 1.165) is 0 Å². The molecular formula is C22H21F5N4O3. The van der Waals surface area contributed by atoms with Gasteiger partial charge >= 0.3 is 17.8 Å². The van der Waals surface area contributed by atoms with Crippen molar-refractivity contribution in [1.29, 1.82) is 0 Å². The number of halogens is 5. The van der Waals surface area contributed by atoms with E-state index in [0.29, 0.717) is 53.9 Å². The molecule has 1 saturated heterocycles. The van der Waals surface area contributed by atoms with Gasteiger partial charge in [-0.15, -0.1) is 0 Å². The van der Waals surface area contributed by atoms with Crippen molar-refractivity contribution in [2.45, 2.75) is 37.9 Å². The van der Waals surface area contributed by atoms with Crippen LogP contribution in [0.2, 0.25) is 0 Å². The average Bonchev–Trinajstić information content (AvgIpc) is 3.12. The van der Waals surface area contributed by atoms with Gasteiger partial charge in [0.05, 0.1) is 12.1 Å². The van der Waals surface area contributed by atoms with Crippen molar-refractivity contribution in [2.24, 2.45) is 0 Å². The molecule has 1 amide bonds. The minimum absolute atomic E-state index is 0.0445. The summed E-state index contributed by atoms with van der Waals surface area (Å²) in [5.41, 5.74) is 2.33. The summed E-state index contributed by atoms with van der Waals surface area (Å²) in [6, 6.07) is 5.90. The fourth-order valence-electron chi connectivity index (χ4n) is 3.91. The zero-order chi connectivity index (χ0) is 24.7. The number of carbonyl (C=O) groups is 1. The Bertz CT molecular complexity index is 1280. The second kappa shape index (κ2) is 8.82. The number of rotatable bonds is 5. The van der Waals surface area contributed by atoms with Crippen molar-refractivity contribution in [3.63, 3.8) is 0 Å². The third-order valence-corrected chi connectivity index (χ3v) is 5.81. The molecule has 0 radical (unpaired) electrons. The van der Waals surface area contributed by atoms with Crippen LogP contribution in [0.4, 0.5) is 22.0 Å². The molecule has 3 heterocycles. The molecule has 1 aliphatic rings. The lowest BCUT2D eigenvalue weighted by atomic mass is 9.99. The van der Waals surface area contributed by atoms with Crippen molar-refractivity contribution >= 4 is 17.1 Å². The summed E-state index contributed by atoms with van der Waals surface area (Å²) in [5, 5.41) is 1.64. The largest absolute Gasteiger partial charge is 0.455 e. The number of imidazole rings is 1. The minimum atomic E-state index is -5.77. The Hall–Kier alpha value is -3.28. The minimum Gasteiger partial charge on any atom is -0.381 e. The average molecular weight is 484 g/mol. The zero-order valence-corrected chi connectivity index (χ0v) is 18.0. The van der Waals surface area contributed by atoms with Crippen LogP contribution in [0.3, 0.4) is 0 Å². The molecule has 0 unspecified atom stereocenters. The number of nitrogens with one attached hydrogen (secondary N) is 2. The summed E-state index contributed by atoms with van der Waals surface area (Å²) in [4.78, 5) is 32.0. The molecule has 0 atom stereocenters. The summed E-state index contributed by atoms with van der Waals surface area (Å²) < 4.78 is 70.3. The summed E-state index contributed by atoms with van der Waals surface area (Å²) in [6.07, 6.45) is -2.88. The molecule has 4 rings (SSSR count). The summed E-state index contributed by atoms with van der Waals surface area (Å²) in [6.45, 7) is 0.970. The van der Waals surface area contributed by atoms with E-state index in [1.165, 1.54) is 18.3 Å². The van der Waals surface area contributed by atoms with Crippen LogP contribution in [-0.2, 0) is 4.74 Å². The highest BCUT2D eigenvalue weighted by molar-refractivity contribution is 5.96. The van der Waals surface area contributed by atoms with Gasteiger partial charge in [-0.2, -0.15) is 22.0 Å². The van der Waals surface area contributed by atoms with Crippen LogP contribution >= 0.6 is 0 Å². The smallest absolute Gasteiger partial charge is 0.381 e. The van der Waals surface area contributed by atoms with E-state index in [1.54, 1.807) is 28.9 Å². The number of aryl methyl sites for hydroxylation is 1. The van der Waals surface area contributed by atoms with E-state index in [1.807, 2.05) is 0 Å². The van der Waals surface area contributed by atoms with Crippen LogP contribution < -0.4 is 11.0 Å². The van der Waals surface area contributed by atoms with E-state index in [-0.39, 0.29) is 17.3 Å². The van der Waals surface area contributed by atoms with E-state index < -0.39 is 24.6 Å². The quantitative estimate of drug-likeness (QED) is 0.537. The number of hydrogen-bond donors (Lipinski definition) is 2. The van der Waals surface area contributed by atoms with E-state index >= 15 is 0 Å². The Kier molecular flexibility index (Phi) is 6.19. The molecule has 2 aromatic heterocycles. The topological polar surface area (TPSA) is 89.0 Å². The number of alkyl halides is 5. The molecule has 0 saturated carbocycles. The fraction of sp³-hybridized carbons (Fsp3) is 0.409. The van der Waals surface area contributed by atoms with Crippen LogP contribution in [-0.4, -0.2) is 52.3 Å². The number of pyridine rings is 1. The lowest BCUT2D eigenvalue weighted by Gasteiger charge is -2.22. The maximum absolute atomic E-state index is 13.1. The SMILES string of the molecule is Cc1ccc(C(=O)NCC(F)(F)C(F)(F)F)cc1-c1cnc2c(c1)[nH]c(=O)n2C1CCOCC1. The van der Waals surface area contributed by atoms with Crippen molar-refractivity contribution in [2.75, 3.05) is 19.8 Å². The maximum atomic E-state index is 13.1. The van der Waals surface area contributed by atoms with Crippen molar-refractivity contribution in [3.8, 4) is 11.1 Å². The van der Waals surface area contributed by atoms with E-state index in [2.05, 4.69) is 9.97 Å². The van der Waals surface area contributed by atoms with Gasteiger partial charge in [-0.1, -0.05) is 6.07 Å². The van der Waals surface area contributed by atoms with E-state index in [4.69, 9.17) is 4.74 Å². The first kappa shape index (κ1) is 23.9. The first-order chi connectivity index (χ1) is 16.0. The highest BCUT2D eigenvalue weighted by Gasteiger charge is 2.57. The number of ether oxygens (including phenoxy) is 1. The number of nitrogens with zero attached hydrogens (tertiary/aromatic N) is 2. The fourth-order valence-corrected chi connectivity index (χ4v) is 3.91. The number of carbonyl (C=O) groups excluding carboxylic acids is 1. The summed E-state index contributed by atoms with van der Waals surface area (Å²) in [7, 11) is 0. The van der Waals surface area contributed by atoms with E-state index in [9.17, 15) is 31.5 Å². The molecule has 1 aromatic carbocycles. The van der Waals surface area contributed by atoms with Gasteiger partial charge in [0.25, 0.3) is 5.91 Å². The molecule has 34 heavy (non-hydrogen) atoms. The first-order valence-corrected chi connectivity index (χ1v) is 10.5. The highest BCUT2D eigenvalue weighted by atomic mass is 19.4. The third kappa shape index (κ3) is 4.54. The van der Waals surface area contributed by atoms with Crippen molar-refractivity contribution < 1.29 is 31.5 Å². The maximum Gasteiger partial charge on any atom is 0.455 e. The van der Waals surface area contributed by atoms with Crippen molar-refractivity contribution in [1.82, 2.24) is 19.9 Å². The Balaban J connectivity index is 1.62. The number of amides is 1. The summed E-state index contributed by atoms with van der Waals surface area (Å²) >= 11 is 0. The number of aromatic nitrogens is 3. The van der Waals surface area contributed by atoms with Crippen LogP contribution in [0.1, 0.15) is 34.8 Å². The predicted molar refractivity (Wildman–Crippen MR) is 113 cm³/mol. The van der Waals surface area contributed by atoms with Crippen LogP contribution in [0.5, 0.6) is 0 Å². The molecule has 2 N–H and O–H groups in total. The Labute approximate surface area is 189 Å². The molecule has 0 aliphatic carbocycles. The number of benzene rings is 1. The van der Waals surface area contributed by atoms with Crippen molar-refractivity contribution in [3.05, 3.63) is 52.1 Å². The first-order valence-electron chi connectivity index (χ1n) is 10.5. The molecule has 182 valence electrons. The van der Waals surface area contributed by atoms with Gasteiger partial charge in [0.1, 0.15) is 0 Å². The third-order valence-electron chi connectivity index (χ3n) is 5.81. The highest BCUT2D eigenvalue weighted by Crippen LogP contribution is 2.35. The number of H-pyrrole nitrogens is 1. The lowest BCUT2D eigenvalue weighted by Crippen LogP contribution is -2.46. The molecule has 1 aliphatic heterocycles. The molecule has 0 bridgehead atoms. The molecular weight excluding hydrogens is 463 g/mol. The standard InChI is InChI=1S/C22H21F5N4O3/c1-12-2-3-13(19(32)29-11-21(23,24)22(25,26)27)8-16(12)14-9-17-18(28-10-14)31(20(33)30-17)15-4-6-34-7-5-15/h2-3,8-10,15H,4-7,11H2,1H3,(H,29,32)(H,30,33). The van der Waals surface area contributed by atoms with Gasteiger partial charge in [-0.3, -0.25) is 9.36 Å². The van der Waals surface area contributed by atoms with Gasteiger partial charge in [0.2, 0.25) is 0 Å². The van der Waals surface area contributed by atoms with Gasteiger partial charge < -0.3 is 15.0 Å². The van der Waals surface area contributed by atoms with Crippen LogP contribution in [0, 0.1) is 6.92 Å². The van der Waals surface area contributed by atoms with Crippen LogP contribution in [0.15, 0.2) is 35.3 Å². The normalized spacial score (nSPS) is 15.6. The second-order valence-electron chi connectivity index (χ2n) is 8.15. The zero-order valence-electron chi connectivity index (χ0n) is 18.0. The Morgan fingerprint density at radius 1 is 1.21 bits per heavy atom. The number of hydrogen-bond acceptors (Lipinski definition) is 4. The lowest BCUT2D eigenvalue weighted by molar-refractivity contribution is -0.278. The molecule has 7 nitrogen and oxygen atoms in total. The monoisotopic (exact) mass is 484 g/mol. The molecule has 0 spiro atoms. The Morgan fingerprint density at radius 2 is 1.91 bits per heavy atom. The van der Waals surface area contributed by atoms with Crippen LogP contribution in [0.25, 0.3) is 22.3 Å². The Morgan fingerprint density at radius 3 is 2.59 bits per heavy atom. The molecule has 12 heteroatoms. The predicted octanol–water partition coefficient (Wildman–Crippen LogP) is 3.98. The van der Waals surface area contributed by atoms with Gasteiger partial charge in [-0.05, 0) is 49.1 Å². The van der Waals surface area contributed by atoms with Gasteiger partial charge in [0, 0.05) is 36.6 Å². The number of fused-ring (bicyclic) bond motifs is 1. The van der Waals surface area contributed by atoms with Gasteiger partial charge in [-0.25, -0.2) is 9.78 Å². The van der Waals surface area contributed by atoms with Gasteiger partial charge in [0.15, 0.2) is 5.65 Å².